The average Bonchev–Trinajstić information content (AvgIpc) is 3.17. The van der Waals surface area contributed by atoms with Crippen molar-refractivity contribution >= 4 is 17.3 Å². The molecule has 2 aromatic carbocycles. The molecule has 1 spiro atoms. The summed E-state index contributed by atoms with van der Waals surface area (Å²) in [6, 6.07) is 13.9. The Bertz CT molecular complexity index is 926. The maximum atomic E-state index is 10.6. The summed E-state index contributed by atoms with van der Waals surface area (Å²) in [5.74, 6) is 1.79. The van der Waals surface area contributed by atoms with Crippen LogP contribution >= 0.6 is 11.6 Å². The van der Waals surface area contributed by atoms with Crippen molar-refractivity contribution in [2.24, 2.45) is 0 Å². The highest BCUT2D eigenvalue weighted by molar-refractivity contribution is 6.30. The fourth-order valence-corrected chi connectivity index (χ4v) is 5.20. The van der Waals surface area contributed by atoms with Crippen LogP contribution in [0.3, 0.4) is 0 Å². The highest BCUT2D eigenvalue weighted by Crippen LogP contribution is 2.42. The maximum Gasteiger partial charge on any atom is 0.142 e. The van der Waals surface area contributed by atoms with Crippen LogP contribution in [0, 0.1) is 0 Å². The molecule has 172 valence electrons. The Labute approximate surface area is 194 Å². The summed E-state index contributed by atoms with van der Waals surface area (Å²) in [4.78, 5) is 4.59. The van der Waals surface area contributed by atoms with E-state index in [1.165, 1.54) is 5.56 Å². The van der Waals surface area contributed by atoms with E-state index < -0.39 is 6.10 Å². The highest BCUT2D eigenvalue weighted by atomic mass is 35.5. The highest BCUT2D eigenvalue weighted by Gasteiger charge is 2.42. The molecule has 1 N–H and O–H groups in total. The summed E-state index contributed by atoms with van der Waals surface area (Å²) in [5, 5.41) is 11.4. The molecule has 0 amide bonds. The van der Waals surface area contributed by atoms with E-state index in [-0.39, 0.29) is 12.2 Å². The zero-order valence-electron chi connectivity index (χ0n) is 18.3. The van der Waals surface area contributed by atoms with Crippen LogP contribution in [0.25, 0.3) is 0 Å². The number of aliphatic hydroxyl groups is 1. The first kappa shape index (κ1) is 21.8. The number of hydrogen-bond acceptors (Lipinski definition) is 6. The van der Waals surface area contributed by atoms with E-state index in [0.717, 1.165) is 80.9 Å². The molecule has 2 saturated heterocycles. The number of halogens is 1. The molecule has 6 nitrogen and oxygen atoms in total. The van der Waals surface area contributed by atoms with Crippen molar-refractivity contribution in [2.75, 3.05) is 57.4 Å². The van der Waals surface area contributed by atoms with E-state index in [9.17, 15) is 5.11 Å². The Hall–Kier alpha value is -1.99. The minimum absolute atomic E-state index is 0.123. The molecule has 0 bridgehead atoms. The van der Waals surface area contributed by atoms with Gasteiger partial charge in [-0.25, -0.2) is 0 Å². The molecule has 5 rings (SSSR count). The summed E-state index contributed by atoms with van der Waals surface area (Å²) >= 11 is 6.15. The van der Waals surface area contributed by atoms with Gasteiger partial charge in [0, 0.05) is 57.0 Å². The lowest BCUT2D eigenvalue weighted by molar-refractivity contribution is -0.00194. The number of morpholine rings is 1. The number of piperidine rings is 1. The van der Waals surface area contributed by atoms with Gasteiger partial charge in [-0.15, -0.1) is 0 Å². The van der Waals surface area contributed by atoms with Crippen molar-refractivity contribution in [1.82, 2.24) is 4.90 Å². The first-order valence-electron chi connectivity index (χ1n) is 11.5. The first-order valence-corrected chi connectivity index (χ1v) is 11.9. The monoisotopic (exact) mass is 458 g/mol. The zero-order chi connectivity index (χ0) is 22.0. The fraction of sp³-hybridized carbons (Fsp3) is 0.520. The molecule has 3 aliphatic heterocycles. The number of hydrogen-bond donors (Lipinski definition) is 1. The van der Waals surface area contributed by atoms with Crippen LogP contribution in [0.4, 0.5) is 5.69 Å². The van der Waals surface area contributed by atoms with E-state index in [1.807, 2.05) is 36.4 Å². The Balaban J connectivity index is 1.11. The largest absolute Gasteiger partial charge is 0.489 e. The predicted octanol–water partition coefficient (Wildman–Crippen LogP) is 3.39. The quantitative estimate of drug-likeness (QED) is 0.716. The number of β-amino-alcohol motifs (C(OH)–C–C–N with tert-alkyl or cyclic N) is 1. The van der Waals surface area contributed by atoms with Gasteiger partial charge in [0.05, 0.1) is 18.9 Å². The fourth-order valence-electron chi connectivity index (χ4n) is 5.01. The molecular formula is C25H31ClN2O4. The molecule has 2 aromatic rings. The van der Waals surface area contributed by atoms with Crippen molar-refractivity contribution in [3.05, 3.63) is 53.1 Å². The van der Waals surface area contributed by atoms with Crippen LogP contribution in [0.5, 0.6) is 11.5 Å². The average molecular weight is 459 g/mol. The van der Waals surface area contributed by atoms with Gasteiger partial charge in [-0.3, -0.25) is 0 Å². The van der Waals surface area contributed by atoms with Crippen LogP contribution in [0.15, 0.2) is 42.5 Å². The Kier molecular flexibility index (Phi) is 6.47. The molecule has 0 unspecified atom stereocenters. The molecule has 32 heavy (non-hydrogen) atoms. The van der Waals surface area contributed by atoms with Crippen molar-refractivity contribution in [3.8, 4) is 11.5 Å². The minimum atomic E-state index is -0.540. The Morgan fingerprint density at radius 2 is 1.84 bits per heavy atom. The smallest absolute Gasteiger partial charge is 0.142 e. The van der Waals surface area contributed by atoms with Gasteiger partial charge in [0.2, 0.25) is 0 Å². The van der Waals surface area contributed by atoms with E-state index in [4.69, 9.17) is 25.8 Å². The van der Waals surface area contributed by atoms with Gasteiger partial charge < -0.3 is 29.1 Å². The number of ether oxygens (including phenoxy) is 3. The van der Waals surface area contributed by atoms with E-state index in [2.05, 4.69) is 15.9 Å². The molecular weight excluding hydrogens is 428 g/mol. The Morgan fingerprint density at radius 3 is 2.66 bits per heavy atom. The van der Waals surface area contributed by atoms with Crippen molar-refractivity contribution in [2.45, 2.75) is 31.0 Å². The van der Waals surface area contributed by atoms with Crippen LogP contribution in [0.1, 0.15) is 18.4 Å². The molecule has 0 aromatic heterocycles. The number of fused-ring (bicyclic) bond motifs is 1. The molecule has 0 saturated carbocycles. The van der Waals surface area contributed by atoms with Gasteiger partial charge in [-0.2, -0.15) is 0 Å². The van der Waals surface area contributed by atoms with Crippen LogP contribution in [0.2, 0.25) is 5.02 Å². The van der Waals surface area contributed by atoms with Gasteiger partial charge in [0.1, 0.15) is 29.8 Å². The second-order valence-electron chi connectivity index (χ2n) is 9.05. The molecule has 0 aliphatic carbocycles. The number of likely N-dealkylation sites (tertiary alicyclic amines) is 1. The van der Waals surface area contributed by atoms with Crippen LogP contribution in [-0.2, 0) is 11.2 Å². The number of benzene rings is 2. The SMILES string of the molecule is O[C@H](COc1ccccc1N1CCOCC1)CN1CCC2(CC1)Cc1cc(Cl)ccc1O2. The van der Waals surface area contributed by atoms with Crippen molar-refractivity contribution in [1.29, 1.82) is 0 Å². The summed E-state index contributed by atoms with van der Waals surface area (Å²) in [6.45, 7) is 5.88. The minimum Gasteiger partial charge on any atom is -0.489 e. The normalized spacial score (nSPS) is 21.2. The third-order valence-corrected chi connectivity index (χ3v) is 6.98. The Morgan fingerprint density at radius 1 is 1.06 bits per heavy atom. The number of rotatable bonds is 6. The standard InChI is InChI=1S/C25H31ClN2O4/c26-20-5-6-23-19(15-20)16-25(32-23)7-9-27(10-8-25)17-21(29)18-31-24-4-2-1-3-22(24)28-11-13-30-14-12-28/h1-6,15,21,29H,7-14,16-18H2/t21-/m0/s1. The van der Waals surface area contributed by atoms with Gasteiger partial charge in [0.15, 0.2) is 0 Å². The lowest BCUT2D eigenvalue weighted by Crippen LogP contribution is -2.49. The van der Waals surface area contributed by atoms with Gasteiger partial charge in [-0.05, 0) is 35.9 Å². The second-order valence-corrected chi connectivity index (χ2v) is 9.48. The van der Waals surface area contributed by atoms with Crippen LogP contribution in [-0.4, -0.2) is 74.3 Å². The maximum absolute atomic E-state index is 10.6. The lowest BCUT2D eigenvalue weighted by atomic mass is 9.87. The molecule has 2 fully saturated rings. The van der Waals surface area contributed by atoms with Gasteiger partial charge in [-0.1, -0.05) is 23.7 Å². The number of para-hydroxylation sites is 2. The zero-order valence-corrected chi connectivity index (χ0v) is 19.1. The predicted molar refractivity (Wildman–Crippen MR) is 125 cm³/mol. The number of nitrogens with zero attached hydrogens (tertiary/aromatic N) is 2. The summed E-state index contributed by atoms with van der Waals surface area (Å²) in [7, 11) is 0. The van der Waals surface area contributed by atoms with Gasteiger partial charge in [0.25, 0.3) is 0 Å². The molecule has 1 atom stereocenters. The number of aliphatic hydroxyl groups excluding tert-OH is 1. The number of anilines is 1. The topological polar surface area (TPSA) is 54.4 Å². The summed E-state index contributed by atoms with van der Waals surface area (Å²) in [6.07, 6.45) is 2.28. The third kappa shape index (κ3) is 4.84. The van der Waals surface area contributed by atoms with E-state index in [1.54, 1.807) is 0 Å². The van der Waals surface area contributed by atoms with Crippen molar-refractivity contribution < 1.29 is 19.3 Å². The first-order chi connectivity index (χ1) is 15.6. The second kappa shape index (κ2) is 9.48. The summed E-state index contributed by atoms with van der Waals surface area (Å²) in [5.41, 5.74) is 2.15. The van der Waals surface area contributed by atoms with Gasteiger partial charge >= 0.3 is 0 Å². The third-order valence-electron chi connectivity index (χ3n) is 6.75. The molecule has 7 heteroatoms. The van der Waals surface area contributed by atoms with E-state index in [0.29, 0.717) is 6.54 Å². The van der Waals surface area contributed by atoms with Crippen molar-refractivity contribution in [3.63, 3.8) is 0 Å². The van der Waals surface area contributed by atoms with E-state index >= 15 is 0 Å². The molecule has 3 heterocycles. The molecule has 3 aliphatic rings. The van der Waals surface area contributed by atoms with Crippen LogP contribution < -0.4 is 14.4 Å². The lowest BCUT2D eigenvalue weighted by Gasteiger charge is -2.39. The summed E-state index contributed by atoms with van der Waals surface area (Å²) < 4.78 is 17.8. The molecule has 0 radical (unpaired) electrons.